The minimum absolute atomic E-state index is 0.0388. The van der Waals surface area contributed by atoms with Crippen LogP contribution in [0.1, 0.15) is 88.0 Å². The number of carbonyl (C=O) groups is 4. The lowest BCUT2D eigenvalue weighted by molar-refractivity contribution is -0.131. The van der Waals surface area contributed by atoms with Crippen LogP contribution in [0.4, 0.5) is 5.69 Å². The number of aliphatic hydroxyl groups excluding tert-OH is 1. The van der Waals surface area contributed by atoms with Crippen molar-refractivity contribution in [3.05, 3.63) is 94.3 Å². The van der Waals surface area contributed by atoms with Crippen LogP contribution in [0.3, 0.4) is 0 Å². The van der Waals surface area contributed by atoms with Gasteiger partial charge in [-0.15, -0.1) is 0 Å². The third kappa shape index (κ3) is 7.13. The summed E-state index contributed by atoms with van der Waals surface area (Å²) in [5, 5.41) is 26.5. The van der Waals surface area contributed by atoms with Gasteiger partial charge >= 0.3 is 0 Å². The quantitative estimate of drug-likeness (QED) is 0.203. The molecule has 0 bridgehead atoms. The van der Waals surface area contributed by atoms with Gasteiger partial charge in [0.2, 0.25) is 5.91 Å². The van der Waals surface area contributed by atoms with Gasteiger partial charge in [-0.2, -0.15) is 5.26 Å². The van der Waals surface area contributed by atoms with Gasteiger partial charge in [-0.25, -0.2) is 0 Å². The van der Waals surface area contributed by atoms with Crippen molar-refractivity contribution in [1.29, 1.82) is 5.26 Å². The number of amides is 4. The Bertz CT molecular complexity index is 2110. The number of piperidine rings is 2. The highest BCUT2D eigenvalue weighted by molar-refractivity contribution is 6.31. The number of hydrogen-bond donors (Lipinski definition) is 3. The van der Waals surface area contributed by atoms with E-state index in [2.05, 4.69) is 26.2 Å². The fourth-order valence-corrected chi connectivity index (χ4v) is 8.53. The van der Waals surface area contributed by atoms with E-state index in [1.807, 2.05) is 36.7 Å². The monoisotopic (exact) mass is 748 g/mol. The standard InChI is InChI=1S/C41H41ClN6O6/c42-35-19-32(8-3-26(35)20-43)54-31-9-4-29(5-10-31)44-38(50)25-1-6-30(7-2-25)47-15-13-24(14-16-47)21-46-22-27-17-33-34(18-28(27)23-46)41(53)48(40(33)52)36-11-12-37(49)45-39(36)51/h1-3,6-8,17-19,22-24,29,31,36-37,49H,4-5,9-16,21H2,(H,44,50)(H,45,51). The van der Waals surface area contributed by atoms with Crippen molar-refractivity contribution in [2.75, 3.05) is 18.0 Å². The molecule has 8 rings (SSSR count). The van der Waals surface area contributed by atoms with E-state index in [4.69, 9.17) is 21.6 Å². The molecule has 0 radical (unpaired) electrons. The van der Waals surface area contributed by atoms with E-state index in [-0.39, 0.29) is 30.9 Å². The van der Waals surface area contributed by atoms with Crippen molar-refractivity contribution >= 4 is 51.7 Å². The average Bonchev–Trinajstić information content (AvgIpc) is 3.67. The zero-order valence-electron chi connectivity index (χ0n) is 29.7. The van der Waals surface area contributed by atoms with Crippen molar-refractivity contribution in [3.63, 3.8) is 0 Å². The number of nitrogens with zero attached hydrogens (tertiary/aromatic N) is 4. The molecule has 4 aliphatic rings. The maximum absolute atomic E-state index is 13.3. The van der Waals surface area contributed by atoms with Crippen LogP contribution in [0.5, 0.6) is 5.75 Å². The van der Waals surface area contributed by atoms with E-state index in [1.165, 1.54) is 0 Å². The first kappa shape index (κ1) is 35.6. The summed E-state index contributed by atoms with van der Waals surface area (Å²) >= 11 is 6.15. The molecule has 3 fully saturated rings. The van der Waals surface area contributed by atoms with Crippen LogP contribution in [0.2, 0.25) is 5.02 Å². The molecule has 3 aliphatic heterocycles. The number of imide groups is 1. The largest absolute Gasteiger partial charge is 0.490 e. The van der Waals surface area contributed by atoms with E-state index in [1.54, 1.807) is 30.3 Å². The van der Waals surface area contributed by atoms with Gasteiger partial charge in [0.25, 0.3) is 17.7 Å². The molecule has 13 heteroatoms. The predicted octanol–water partition coefficient (Wildman–Crippen LogP) is 5.40. The molecule has 3 N–H and O–H groups in total. The normalized spacial score (nSPS) is 23.2. The number of nitriles is 1. The second-order valence-electron chi connectivity index (χ2n) is 14.9. The van der Waals surface area contributed by atoms with Crippen LogP contribution < -0.4 is 20.3 Å². The Morgan fingerprint density at radius 2 is 1.56 bits per heavy atom. The van der Waals surface area contributed by atoms with Crippen LogP contribution in [-0.4, -0.2) is 75.7 Å². The molecule has 4 amide bonds. The zero-order valence-corrected chi connectivity index (χ0v) is 30.4. The summed E-state index contributed by atoms with van der Waals surface area (Å²) in [6, 6.07) is 17.7. The number of fused-ring (bicyclic) bond motifs is 2. The third-order valence-corrected chi connectivity index (χ3v) is 11.6. The van der Waals surface area contributed by atoms with Gasteiger partial charge in [-0.3, -0.25) is 24.1 Å². The predicted molar refractivity (Wildman–Crippen MR) is 201 cm³/mol. The first-order chi connectivity index (χ1) is 26.1. The van der Waals surface area contributed by atoms with Gasteiger partial charge in [0.1, 0.15) is 24.1 Å². The topological polar surface area (TPSA) is 157 Å². The van der Waals surface area contributed by atoms with Crippen LogP contribution in [0.25, 0.3) is 10.8 Å². The Kier molecular flexibility index (Phi) is 9.77. The Morgan fingerprint density at radius 3 is 2.17 bits per heavy atom. The number of halogens is 1. The summed E-state index contributed by atoms with van der Waals surface area (Å²) < 4.78 is 8.23. The number of nitrogens with one attached hydrogen (secondary N) is 2. The third-order valence-electron chi connectivity index (χ3n) is 11.3. The summed E-state index contributed by atoms with van der Waals surface area (Å²) in [7, 11) is 0. The number of rotatable bonds is 8. The summed E-state index contributed by atoms with van der Waals surface area (Å²) in [6.45, 7) is 2.62. The Morgan fingerprint density at radius 1 is 0.889 bits per heavy atom. The molecule has 4 aromatic rings. The van der Waals surface area contributed by atoms with E-state index < -0.39 is 30.0 Å². The number of aliphatic hydroxyl groups is 1. The molecule has 3 aromatic carbocycles. The first-order valence-corrected chi connectivity index (χ1v) is 19.0. The SMILES string of the molecule is N#Cc1ccc(OC2CCC(NC(=O)c3ccc(N4CCC(Cn5cc6cc7c(cc6c5)C(=O)N(C5CCC(O)NC5=O)C7=O)CC4)cc3)CC2)cc1Cl. The molecule has 2 atom stereocenters. The van der Waals surface area contributed by atoms with Gasteiger partial charge in [0, 0.05) is 66.2 Å². The van der Waals surface area contributed by atoms with Gasteiger partial charge in [0.05, 0.1) is 27.8 Å². The molecule has 0 spiro atoms. The number of anilines is 1. The average molecular weight is 749 g/mol. The highest BCUT2D eigenvalue weighted by Gasteiger charge is 2.44. The number of carbonyl (C=O) groups excluding carboxylic acids is 4. The molecular weight excluding hydrogens is 708 g/mol. The van der Waals surface area contributed by atoms with Crippen molar-refractivity contribution in [3.8, 4) is 11.8 Å². The number of aromatic nitrogens is 1. The molecule has 2 unspecified atom stereocenters. The fourth-order valence-electron chi connectivity index (χ4n) is 8.31. The van der Waals surface area contributed by atoms with Gasteiger partial charge in [-0.05, 0) is 106 Å². The molecule has 278 valence electrons. The minimum Gasteiger partial charge on any atom is -0.490 e. The highest BCUT2D eigenvalue weighted by Crippen LogP contribution is 2.33. The van der Waals surface area contributed by atoms with E-state index >= 15 is 0 Å². The molecule has 1 aromatic heterocycles. The lowest BCUT2D eigenvalue weighted by atomic mass is 9.92. The van der Waals surface area contributed by atoms with Crippen LogP contribution in [0.15, 0.2) is 67.0 Å². The van der Waals surface area contributed by atoms with Crippen molar-refractivity contribution in [2.45, 2.75) is 82.3 Å². The molecular formula is C41H41ClN6O6. The lowest BCUT2D eigenvalue weighted by Gasteiger charge is -2.34. The van der Waals surface area contributed by atoms with E-state index in [9.17, 15) is 24.3 Å². The summed E-state index contributed by atoms with van der Waals surface area (Å²) in [6.07, 6.45) is 8.90. The van der Waals surface area contributed by atoms with Crippen LogP contribution >= 0.6 is 11.6 Å². The maximum Gasteiger partial charge on any atom is 0.262 e. The smallest absolute Gasteiger partial charge is 0.262 e. The maximum atomic E-state index is 13.3. The number of hydrogen-bond acceptors (Lipinski definition) is 8. The zero-order chi connectivity index (χ0) is 37.5. The van der Waals surface area contributed by atoms with Gasteiger partial charge in [-0.1, -0.05) is 11.6 Å². The van der Waals surface area contributed by atoms with Crippen LogP contribution in [-0.2, 0) is 11.3 Å². The fraction of sp³-hybridized carbons (Fsp3) is 0.390. The van der Waals surface area contributed by atoms with Gasteiger partial charge < -0.3 is 29.9 Å². The Hall–Kier alpha value is -5.38. The molecule has 54 heavy (non-hydrogen) atoms. The summed E-state index contributed by atoms with van der Waals surface area (Å²) in [4.78, 5) is 55.5. The van der Waals surface area contributed by atoms with Crippen molar-refractivity contribution < 1.29 is 29.0 Å². The van der Waals surface area contributed by atoms with Crippen molar-refractivity contribution in [1.82, 2.24) is 20.1 Å². The molecule has 1 saturated carbocycles. The molecule has 4 heterocycles. The number of ether oxygens (including phenoxy) is 1. The number of benzene rings is 3. The second-order valence-corrected chi connectivity index (χ2v) is 15.3. The molecule has 12 nitrogen and oxygen atoms in total. The van der Waals surface area contributed by atoms with E-state index in [0.29, 0.717) is 38.9 Å². The lowest BCUT2D eigenvalue weighted by Crippen LogP contribution is -2.55. The molecule has 2 saturated heterocycles. The van der Waals surface area contributed by atoms with E-state index in [0.717, 1.165) is 79.5 Å². The summed E-state index contributed by atoms with van der Waals surface area (Å²) in [5.74, 6) is -0.424. The Labute approximate surface area is 317 Å². The van der Waals surface area contributed by atoms with Crippen molar-refractivity contribution in [2.24, 2.45) is 5.92 Å². The first-order valence-electron chi connectivity index (χ1n) is 18.7. The molecule has 1 aliphatic carbocycles. The second kappa shape index (κ2) is 14.8. The van der Waals surface area contributed by atoms with Gasteiger partial charge in [0.15, 0.2) is 0 Å². The Balaban J connectivity index is 0.805. The highest BCUT2D eigenvalue weighted by atomic mass is 35.5. The summed E-state index contributed by atoms with van der Waals surface area (Å²) in [5.41, 5.74) is 2.77. The van der Waals surface area contributed by atoms with Crippen LogP contribution in [0, 0.1) is 17.2 Å². The minimum atomic E-state index is -0.962.